The van der Waals surface area contributed by atoms with Crippen molar-refractivity contribution in [3.05, 3.63) is 84.1 Å². The van der Waals surface area contributed by atoms with E-state index >= 15 is 0 Å². The molecule has 1 atom stereocenters. The van der Waals surface area contributed by atoms with Crippen LogP contribution in [-0.2, 0) is 0 Å². The summed E-state index contributed by atoms with van der Waals surface area (Å²) in [6.07, 6.45) is 6.93. The van der Waals surface area contributed by atoms with Crippen LogP contribution in [0.2, 0.25) is 0 Å². The third-order valence-corrected chi connectivity index (χ3v) is 4.71. The molecule has 1 aliphatic carbocycles. The Labute approximate surface area is 162 Å². The molecule has 1 aromatic rings. The number of rotatable bonds is 4. The average Bonchev–Trinajstić information content (AvgIpc) is 2.89. The summed E-state index contributed by atoms with van der Waals surface area (Å²) in [7, 11) is 0. The molecule has 0 aromatic heterocycles. The molecule has 1 aromatic carbocycles. The molecule has 146 valence electrons. The van der Waals surface area contributed by atoms with Crippen LogP contribution in [0.3, 0.4) is 0 Å². The summed E-state index contributed by atoms with van der Waals surface area (Å²) in [6, 6.07) is 5.63. The number of halogens is 3. The number of alkyl halides is 3. The summed E-state index contributed by atoms with van der Waals surface area (Å²) in [6.45, 7) is 4.68. The minimum Gasteiger partial charge on any atom is -0.405 e. The van der Waals surface area contributed by atoms with E-state index in [2.05, 4.69) is 16.9 Å². The van der Waals surface area contributed by atoms with E-state index in [1.54, 1.807) is 30.4 Å². The van der Waals surface area contributed by atoms with Gasteiger partial charge in [0.2, 0.25) is 0 Å². The van der Waals surface area contributed by atoms with Gasteiger partial charge in [-0.05, 0) is 47.5 Å². The average molecular weight is 385 g/mol. The van der Waals surface area contributed by atoms with Gasteiger partial charge in [0.1, 0.15) is 0 Å². The zero-order valence-electron chi connectivity index (χ0n) is 15.3. The highest BCUT2D eigenvalue weighted by Crippen LogP contribution is 2.39. The summed E-state index contributed by atoms with van der Waals surface area (Å²) in [5, 5.41) is 3.25. The van der Waals surface area contributed by atoms with Gasteiger partial charge in [-0.2, -0.15) is 13.2 Å². The number of nitrogens with one attached hydrogen (secondary N) is 1. The second-order valence-corrected chi connectivity index (χ2v) is 6.51. The van der Waals surface area contributed by atoms with E-state index in [-0.39, 0.29) is 12.0 Å². The summed E-state index contributed by atoms with van der Waals surface area (Å²) >= 11 is 0. The number of fused-ring (bicyclic) bond motifs is 1. The monoisotopic (exact) mass is 385 g/mol. The summed E-state index contributed by atoms with van der Waals surface area (Å²) < 4.78 is 40.9. The smallest absolute Gasteiger partial charge is 0.396 e. The standard InChI is InChI=1S/C22H22F3N3/c1-2-5-15(10-11-26)16-8-9-20-18(14-16)21(28-13-12-27-20)17-6-3-4-7-19(17)22(23,24)25/h2-6,8-11,14,19,27H,1,7,12-13,26H2/b11-10-,15-5+. The topological polar surface area (TPSA) is 50.4 Å². The Balaban J connectivity index is 2.13. The van der Waals surface area contributed by atoms with E-state index in [0.717, 1.165) is 16.8 Å². The van der Waals surface area contributed by atoms with Gasteiger partial charge in [0.15, 0.2) is 0 Å². The first kappa shape index (κ1) is 19.7. The van der Waals surface area contributed by atoms with Crippen LogP contribution in [0.25, 0.3) is 5.57 Å². The van der Waals surface area contributed by atoms with Crippen LogP contribution in [0.15, 0.2) is 78.0 Å². The molecule has 0 saturated heterocycles. The van der Waals surface area contributed by atoms with E-state index in [4.69, 9.17) is 5.73 Å². The van der Waals surface area contributed by atoms with E-state index in [1.165, 1.54) is 12.3 Å². The maximum absolute atomic E-state index is 13.6. The molecule has 0 radical (unpaired) electrons. The van der Waals surface area contributed by atoms with Gasteiger partial charge in [0, 0.05) is 17.8 Å². The van der Waals surface area contributed by atoms with Crippen molar-refractivity contribution in [3.8, 4) is 0 Å². The molecular formula is C22H22F3N3. The zero-order valence-corrected chi connectivity index (χ0v) is 15.3. The van der Waals surface area contributed by atoms with Gasteiger partial charge in [-0.3, -0.25) is 4.99 Å². The van der Waals surface area contributed by atoms with Crippen LogP contribution in [-0.4, -0.2) is 25.0 Å². The maximum Gasteiger partial charge on any atom is 0.396 e. The molecule has 1 unspecified atom stereocenters. The van der Waals surface area contributed by atoms with Crippen molar-refractivity contribution < 1.29 is 13.2 Å². The van der Waals surface area contributed by atoms with Crippen molar-refractivity contribution in [2.45, 2.75) is 12.6 Å². The second-order valence-electron chi connectivity index (χ2n) is 6.51. The predicted molar refractivity (Wildman–Crippen MR) is 109 cm³/mol. The van der Waals surface area contributed by atoms with Gasteiger partial charge < -0.3 is 11.1 Å². The van der Waals surface area contributed by atoms with Crippen molar-refractivity contribution in [1.82, 2.24) is 0 Å². The predicted octanol–water partition coefficient (Wildman–Crippen LogP) is 5.01. The molecule has 0 bridgehead atoms. The van der Waals surface area contributed by atoms with E-state index in [0.29, 0.717) is 24.4 Å². The summed E-state index contributed by atoms with van der Waals surface area (Å²) in [5.41, 5.74) is 9.21. The molecule has 3 rings (SSSR count). The van der Waals surface area contributed by atoms with Crippen molar-refractivity contribution in [2.75, 3.05) is 18.4 Å². The number of benzodiazepines with no additional fused rings is 1. The van der Waals surface area contributed by atoms with Crippen LogP contribution in [0.5, 0.6) is 0 Å². The minimum atomic E-state index is -4.33. The van der Waals surface area contributed by atoms with Gasteiger partial charge >= 0.3 is 6.18 Å². The lowest BCUT2D eigenvalue weighted by Crippen LogP contribution is -2.29. The molecule has 28 heavy (non-hydrogen) atoms. The third-order valence-electron chi connectivity index (χ3n) is 4.71. The van der Waals surface area contributed by atoms with E-state index < -0.39 is 12.1 Å². The normalized spacial score (nSPS) is 20.1. The Bertz CT molecular complexity index is 902. The third kappa shape index (κ3) is 4.11. The Hall–Kier alpha value is -3.02. The number of hydrogen-bond donors (Lipinski definition) is 2. The first-order chi connectivity index (χ1) is 13.5. The largest absolute Gasteiger partial charge is 0.405 e. The van der Waals surface area contributed by atoms with E-state index in [9.17, 15) is 13.2 Å². The Morgan fingerprint density at radius 3 is 2.86 bits per heavy atom. The molecule has 3 nitrogen and oxygen atoms in total. The highest BCUT2D eigenvalue weighted by Gasteiger charge is 2.43. The number of anilines is 1. The van der Waals surface area contributed by atoms with E-state index in [1.807, 2.05) is 18.2 Å². The number of nitrogens with two attached hydrogens (primary N) is 1. The van der Waals surface area contributed by atoms with Gasteiger partial charge in [-0.25, -0.2) is 0 Å². The highest BCUT2D eigenvalue weighted by atomic mass is 19.4. The zero-order chi connectivity index (χ0) is 20.1. The lowest BCUT2D eigenvalue weighted by atomic mass is 9.84. The van der Waals surface area contributed by atoms with Crippen LogP contribution >= 0.6 is 0 Å². The number of hydrogen-bond acceptors (Lipinski definition) is 3. The van der Waals surface area contributed by atoms with Crippen molar-refractivity contribution >= 4 is 17.0 Å². The van der Waals surface area contributed by atoms with Crippen molar-refractivity contribution in [2.24, 2.45) is 16.6 Å². The fourth-order valence-electron chi connectivity index (χ4n) is 3.43. The number of aliphatic imine (C=N–C) groups is 1. The highest BCUT2D eigenvalue weighted by molar-refractivity contribution is 6.17. The molecule has 0 saturated carbocycles. The quantitative estimate of drug-likeness (QED) is 0.716. The molecular weight excluding hydrogens is 363 g/mol. The lowest BCUT2D eigenvalue weighted by molar-refractivity contribution is -0.161. The molecule has 1 heterocycles. The fourth-order valence-corrected chi connectivity index (χ4v) is 3.43. The van der Waals surface area contributed by atoms with Gasteiger partial charge in [-0.15, -0.1) is 0 Å². The Kier molecular flexibility index (Phi) is 5.87. The number of allylic oxidation sites excluding steroid dienone is 8. The van der Waals surface area contributed by atoms with Gasteiger partial charge in [-0.1, -0.05) is 43.0 Å². The molecule has 1 aliphatic heterocycles. The SMILES string of the molecule is C=C/C=C(\C=C/N)c1ccc2c(c1)C(C1=CC=CCC1C(F)(F)F)=NCCN2. The second kappa shape index (κ2) is 8.33. The molecule has 3 N–H and O–H groups in total. The van der Waals surface area contributed by atoms with Crippen LogP contribution in [0.1, 0.15) is 17.5 Å². The minimum absolute atomic E-state index is 0.0751. The molecule has 0 fully saturated rings. The first-order valence-electron chi connectivity index (χ1n) is 9.03. The van der Waals surface area contributed by atoms with Crippen LogP contribution in [0, 0.1) is 5.92 Å². The fraction of sp³-hybridized carbons (Fsp3) is 0.227. The molecule has 0 amide bonds. The van der Waals surface area contributed by atoms with Gasteiger partial charge in [0.25, 0.3) is 0 Å². The summed E-state index contributed by atoms with van der Waals surface area (Å²) in [5.74, 6) is -1.56. The van der Waals surface area contributed by atoms with Crippen LogP contribution in [0.4, 0.5) is 18.9 Å². The van der Waals surface area contributed by atoms with Crippen molar-refractivity contribution in [1.29, 1.82) is 0 Å². The van der Waals surface area contributed by atoms with Crippen LogP contribution < -0.4 is 11.1 Å². The maximum atomic E-state index is 13.6. The molecule has 0 spiro atoms. The van der Waals surface area contributed by atoms with Crippen molar-refractivity contribution in [3.63, 3.8) is 0 Å². The lowest BCUT2D eigenvalue weighted by Gasteiger charge is -2.26. The first-order valence-corrected chi connectivity index (χ1v) is 9.03. The number of benzene rings is 1. The Morgan fingerprint density at radius 1 is 1.32 bits per heavy atom. The van der Waals surface area contributed by atoms with Gasteiger partial charge in [0.05, 0.1) is 18.2 Å². The molecule has 2 aliphatic rings. The number of nitrogens with zero attached hydrogens (tertiary/aromatic N) is 1. The summed E-state index contributed by atoms with van der Waals surface area (Å²) in [4.78, 5) is 4.51. The molecule has 6 heteroatoms. The Morgan fingerprint density at radius 2 is 2.14 bits per heavy atom.